The van der Waals surface area contributed by atoms with Gasteiger partial charge in [0.1, 0.15) is 5.02 Å². The van der Waals surface area contributed by atoms with E-state index in [2.05, 4.69) is 35.9 Å². The lowest BCUT2D eigenvalue weighted by Crippen LogP contribution is -2.42. The Morgan fingerprint density at radius 3 is 2.55 bits per heavy atom. The van der Waals surface area contributed by atoms with Crippen molar-refractivity contribution in [2.24, 2.45) is 7.05 Å². The van der Waals surface area contributed by atoms with Crippen molar-refractivity contribution < 1.29 is 5.11 Å². The quantitative estimate of drug-likeness (QED) is 0.552. The van der Waals surface area contributed by atoms with Gasteiger partial charge in [0.25, 0.3) is 5.56 Å². The summed E-state index contributed by atoms with van der Waals surface area (Å²) in [5.74, 6) is 0.667. The van der Waals surface area contributed by atoms with E-state index in [1.54, 1.807) is 11.6 Å². The lowest BCUT2D eigenvalue weighted by Gasteiger charge is -2.35. The summed E-state index contributed by atoms with van der Waals surface area (Å²) in [5.41, 5.74) is 6.15. The van der Waals surface area contributed by atoms with Gasteiger partial charge in [-0.05, 0) is 70.3 Å². The van der Waals surface area contributed by atoms with Crippen molar-refractivity contribution in [3.63, 3.8) is 0 Å². The van der Waals surface area contributed by atoms with Crippen LogP contribution in [0.25, 0.3) is 22.3 Å². The smallest absolute Gasteiger partial charge is 0.269 e. The van der Waals surface area contributed by atoms with Crippen LogP contribution in [-0.2, 0) is 7.05 Å². The molecule has 2 N–H and O–H groups in total. The first-order valence-corrected chi connectivity index (χ1v) is 12.2. The predicted octanol–water partition coefficient (Wildman–Crippen LogP) is 4.96. The van der Waals surface area contributed by atoms with E-state index in [4.69, 9.17) is 16.6 Å². The molecule has 7 heteroatoms. The van der Waals surface area contributed by atoms with Crippen LogP contribution in [0.15, 0.2) is 23.1 Å². The second-order valence-corrected chi connectivity index (χ2v) is 10.8. The van der Waals surface area contributed by atoms with E-state index in [1.807, 2.05) is 27.0 Å². The van der Waals surface area contributed by atoms with Crippen LogP contribution < -0.4 is 5.56 Å². The van der Waals surface area contributed by atoms with Crippen molar-refractivity contribution in [3.8, 4) is 11.3 Å². The maximum Gasteiger partial charge on any atom is 0.269 e. The molecule has 0 spiro atoms. The number of halogens is 1. The number of pyridine rings is 2. The molecule has 0 aliphatic carbocycles. The maximum atomic E-state index is 12.3. The molecule has 33 heavy (non-hydrogen) atoms. The Balaban J connectivity index is 1.72. The third kappa shape index (κ3) is 4.75. The number of piperidine rings is 1. The molecule has 4 heterocycles. The normalized spacial score (nSPS) is 16.3. The number of aliphatic hydroxyl groups is 1. The van der Waals surface area contributed by atoms with Gasteiger partial charge in [-0.3, -0.25) is 9.78 Å². The number of aryl methyl sites for hydroxylation is 1. The minimum absolute atomic E-state index is 0.184. The Kier molecular flexibility index (Phi) is 6.47. The highest BCUT2D eigenvalue weighted by molar-refractivity contribution is 6.31. The van der Waals surface area contributed by atoms with E-state index in [9.17, 15) is 9.90 Å². The molecule has 0 saturated carbocycles. The second-order valence-electron chi connectivity index (χ2n) is 10.5. The molecule has 4 rings (SSSR count). The van der Waals surface area contributed by atoms with E-state index < -0.39 is 5.60 Å². The number of nitrogens with one attached hydrogen (secondary N) is 1. The maximum absolute atomic E-state index is 12.3. The zero-order valence-corrected chi connectivity index (χ0v) is 21.3. The zero-order valence-electron chi connectivity index (χ0n) is 20.5. The molecule has 3 aromatic heterocycles. The molecule has 3 aromatic rings. The Hall–Kier alpha value is -2.15. The highest BCUT2D eigenvalue weighted by atomic mass is 35.5. The topological polar surface area (TPSA) is 74.2 Å². The lowest BCUT2D eigenvalue weighted by molar-refractivity contribution is 0.0280. The van der Waals surface area contributed by atoms with Crippen molar-refractivity contribution >= 4 is 22.6 Å². The van der Waals surface area contributed by atoms with Crippen molar-refractivity contribution in [1.29, 1.82) is 0 Å². The van der Waals surface area contributed by atoms with E-state index in [1.165, 1.54) is 0 Å². The van der Waals surface area contributed by atoms with Gasteiger partial charge in [-0.2, -0.15) is 0 Å². The number of likely N-dealkylation sites (tertiary alicyclic amines) is 1. The molecule has 0 aromatic carbocycles. The van der Waals surface area contributed by atoms with Gasteiger partial charge >= 0.3 is 0 Å². The largest absolute Gasteiger partial charge is 0.389 e. The van der Waals surface area contributed by atoms with Crippen LogP contribution in [-0.4, -0.2) is 49.8 Å². The van der Waals surface area contributed by atoms with Crippen LogP contribution in [0.5, 0.6) is 0 Å². The van der Waals surface area contributed by atoms with E-state index >= 15 is 0 Å². The SMILES string of the molecule is Cc1c(-c2[nH]c3ccc(C4CCN(CC(C)(C)O)CC4)nc3c2C(C)C)cn(C)c(=O)c1Cl. The molecular weight excluding hydrogens is 436 g/mol. The number of hydrogen-bond acceptors (Lipinski definition) is 4. The first-order chi connectivity index (χ1) is 15.5. The Morgan fingerprint density at radius 2 is 1.94 bits per heavy atom. The van der Waals surface area contributed by atoms with Crippen LogP contribution >= 0.6 is 11.6 Å². The molecule has 0 radical (unpaired) electrons. The fourth-order valence-electron chi connectivity index (χ4n) is 5.07. The summed E-state index contributed by atoms with van der Waals surface area (Å²) in [6, 6.07) is 4.28. The summed E-state index contributed by atoms with van der Waals surface area (Å²) in [6.07, 6.45) is 3.94. The number of fused-ring (bicyclic) bond motifs is 1. The first-order valence-electron chi connectivity index (χ1n) is 11.8. The molecule has 178 valence electrons. The van der Waals surface area contributed by atoms with Crippen molar-refractivity contribution in [2.45, 2.75) is 64.9 Å². The van der Waals surface area contributed by atoms with Gasteiger partial charge in [-0.25, -0.2) is 0 Å². The van der Waals surface area contributed by atoms with E-state index in [0.717, 1.165) is 65.0 Å². The Bertz CT molecular complexity index is 1230. The van der Waals surface area contributed by atoms with Gasteiger partial charge < -0.3 is 19.6 Å². The molecule has 0 unspecified atom stereocenters. The van der Waals surface area contributed by atoms with Crippen LogP contribution in [0.2, 0.25) is 5.02 Å². The third-order valence-electron chi connectivity index (χ3n) is 6.73. The van der Waals surface area contributed by atoms with E-state index in [0.29, 0.717) is 12.5 Å². The Labute approximate surface area is 200 Å². The Morgan fingerprint density at radius 1 is 1.27 bits per heavy atom. The zero-order chi connectivity index (χ0) is 24.1. The predicted molar refractivity (Wildman–Crippen MR) is 135 cm³/mol. The number of aromatic nitrogens is 3. The molecular formula is C26H35ClN4O2. The minimum Gasteiger partial charge on any atom is -0.389 e. The fourth-order valence-corrected chi connectivity index (χ4v) is 5.31. The van der Waals surface area contributed by atoms with Crippen LogP contribution in [0.4, 0.5) is 0 Å². The summed E-state index contributed by atoms with van der Waals surface area (Å²) in [6.45, 7) is 12.6. The standard InChI is InChI=1S/C26H35ClN4O2/c1-15(2)21-23(18-13-30(6)25(32)22(27)16(18)3)29-20-8-7-19(28-24(20)21)17-9-11-31(12-10-17)14-26(4,5)33/h7-8,13,15,17,29,33H,9-12,14H2,1-6H3. The number of hydrogen-bond donors (Lipinski definition) is 2. The van der Waals surface area contributed by atoms with Crippen LogP contribution in [0.3, 0.4) is 0 Å². The summed E-state index contributed by atoms with van der Waals surface area (Å²) in [7, 11) is 1.73. The number of nitrogens with zero attached hydrogens (tertiary/aromatic N) is 3. The number of rotatable bonds is 5. The van der Waals surface area contributed by atoms with Crippen LogP contribution in [0, 0.1) is 6.92 Å². The fraction of sp³-hybridized carbons (Fsp3) is 0.538. The van der Waals surface area contributed by atoms with Crippen molar-refractivity contribution in [3.05, 3.63) is 50.5 Å². The van der Waals surface area contributed by atoms with Gasteiger partial charge in [0.15, 0.2) is 0 Å². The molecule has 1 aliphatic rings. The van der Waals surface area contributed by atoms with Gasteiger partial charge in [-0.1, -0.05) is 25.4 Å². The average molecular weight is 471 g/mol. The molecule has 0 atom stereocenters. The minimum atomic E-state index is -0.667. The molecule has 0 bridgehead atoms. The third-order valence-corrected chi connectivity index (χ3v) is 7.17. The summed E-state index contributed by atoms with van der Waals surface area (Å²) in [5, 5.41) is 10.4. The second kappa shape index (κ2) is 8.90. The molecule has 1 fully saturated rings. The van der Waals surface area contributed by atoms with Gasteiger partial charge in [-0.15, -0.1) is 0 Å². The monoisotopic (exact) mass is 470 g/mol. The average Bonchev–Trinajstić information content (AvgIpc) is 3.13. The molecule has 0 amide bonds. The molecule has 1 saturated heterocycles. The van der Waals surface area contributed by atoms with Crippen molar-refractivity contribution in [1.82, 2.24) is 19.4 Å². The van der Waals surface area contributed by atoms with Gasteiger partial charge in [0.05, 0.1) is 22.3 Å². The summed E-state index contributed by atoms with van der Waals surface area (Å²) < 4.78 is 1.54. The highest BCUT2D eigenvalue weighted by Gasteiger charge is 2.27. The van der Waals surface area contributed by atoms with Crippen molar-refractivity contribution in [2.75, 3.05) is 19.6 Å². The highest BCUT2D eigenvalue weighted by Crippen LogP contribution is 2.38. The van der Waals surface area contributed by atoms with Gasteiger partial charge in [0, 0.05) is 42.5 Å². The number of H-pyrrole nitrogens is 1. The summed E-state index contributed by atoms with van der Waals surface area (Å²) >= 11 is 6.36. The first kappa shape index (κ1) is 24.0. The van der Waals surface area contributed by atoms with Gasteiger partial charge in [0.2, 0.25) is 0 Å². The van der Waals surface area contributed by atoms with E-state index in [-0.39, 0.29) is 16.5 Å². The number of β-amino-alcohol motifs (C(OH)–C–C–N with tert-alkyl or cyclic N) is 1. The van der Waals surface area contributed by atoms with Crippen LogP contribution in [0.1, 0.15) is 69.2 Å². The molecule has 6 nitrogen and oxygen atoms in total. The summed E-state index contributed by atoms with van der Waals surface area (Å²) in [4.78, 5) is 23.3. The molecule has 1 aliphatic heterocycles. The lowest BCUT2D eigenvalue weighted by atomic mass is 9.91. The number of aromatic amines is 1.